The minimum Gasteiger partial charge on any atom is -0.384 e. The van der Waals surface area contributed by atoms with Crippen molar-refractivity contribution in [1.82, 2.24) is 9.97 Å². The number of nitrogens with one attached hydrogen (secondary N) is 1. The summed E-state index contributed by atoms with van der Waals surface area (Å²) >= 11 is 0. The zero-order valence-electron chi connectivity index (χ0n) is 11.8. The van der Waals surface area contributed by atoms with E-state index < -0.39 is 10.0 Å². The molecule has 9 nitrogen and oxygen atoms in total. The molecule has 0 spiro atoms. The van der Waals surface area contributed by atoms with Crippen LogP contribution >= 0.6 is 0 Å². The molecule has 0 amide bonds. The van der Waals surface area contributed by atoms with Crippen molar-refractivity contribution in [3.05, 3.63) is 42.0 Å². The summed E-state index contributed by atoms with van der Waals surface area (Å²) in [7, 11) is -3.98. The van der Waals surface area contributed by atoms with E-state index in [4.69, 9.17) is 16.3 Å². The molecule has 0 aliphatic heterocycles. The number of hydrazine groups is 1. The van der Waals surface area contributed by atoms with Crippen molar-refractivity contribution in [2.45, 2.75) is 11.8 Å². The third kappa shape index (κ3) is 3.83. The Morgan fingerprint density at radius 3 is 2.18 bits per heavy atom. The number of hydrogen-bond donors (Lipinski definition) is 5. The van der Waals surface area contributed by atoms with Crippen molar-refractivity contribution >= 4 is 15.9 Å². The van der Waals surface area contributed by atoms with Gasteiger partial charge in [0, 0.05) is 23.5 Å². The molecule has 118 valence electrons. The van der Waals surface area contributed by atoms with Crippen LogP contribution in [-0.2, 0) is 10.0 Å². The molecule has 0 bridgehead atoms. The lowest BCUT2D eigenvalue weighted by Crippen LogP contribution is -2.21. The Balaban J connectivity index is 0.00000116. The number of benzene rings is 1. The molecule has 0 saturated carbocycles. The maximum atomic E-state index is 11.6. The number of primary sulfonamides is 1. The van der Waals surface area contributed by atoms with Crippen molar-refractivity contribution < 1.29 is 8.42 Å². The Kier molecular flexibility index (Phi) is 5.65. The van der Waals surface area contributed by atoms with Crippen LogP contribution in [0.5, 0.6) is 0 Å². The number of hydrogen-bond acceptors (Lipinski definition) is 7. The number of rotatable bonds is 3. The Bertz CT molecular complexity index is 773. The number of aromatic nitrogens is 2. The Labute approximate surface area is 127 Å². The maximum absolute atomic E-state index is 11.6. The van der Waals surface area contributed by atoms with Gasteiger partial charge in [0.1, 0.15) is 11.7 Å². The highest BCUT2D eigenvalue weighted by atomic mass is 32.2. The van der Waals surface area contributed by atoms with Crippen LogP contribution in [0, 0.1) is 12.3 Å². The van der Waals surface area contributed by atoms with Gasteiger partial charge in [-0.3, -0.25) is 17.1 Å². The van der Waals surface area contributed by atoms with Gasteiger partial charge in [-0.1, -0.05) is 12.1 Å². The van der Waals surface area contributed by atoms with Crippen LogP contribution in [0.1, 0.15) is 11.4 Å². The molecule has 10 heteroatoms. The molecular weight excluding hydrogens is 306 g/mol. The van der Waals surface area contributed by atoms with Crippen LogP contribution in [0.25, 0.3) is 11.1 Å². The fourth-order valence-electron chi connectivity index (χ4n) is 1.82. The second-order valence-electron chi connectivity index (χ2n) is 4.16. The predicted molar refractivity (Wildman–Crippen MR) is 83.0 cm³/mol. The zero-order chi connectivity index (χ0) is 16.9. The molecule has 0 radical (unpaired) electrons. The lowest BCUT2D eigenvalue weighted by molar-refractivity contribution is 0.597. The third-order valence-corrected chi connectivity index (χ3v) is 3.65. The van der Waals surface area contributed by atoms with Gasteiger partial charge < -0.3 is 5.73 Å². The minimum absolute atomic E-state index is 0.0578. The first kappa shape index (κ1) is 17.7. The lowest BCUT2D eigenvalue weighted by Gasteiger charge is -2.12. The largest absolute Gasteiger partial charge is 0.384 e. The van der Waals surface area contributed by atoms with E-state index in [9.17, 15) is 8.42 Å². The van der Waals surface area contributed by atoms with Crippen molar-refractivity contribution in [1.29, 1.82) is 5.41 Å². The Morgan fingerprint density at radius 1 is 1.18 bits per heavy atom. The molecule has 0 aliphatic rings. The molecule has 1 aromatic carbocycles. The van der Waals surface area contributed by atoms with Crippen LogP contribution in [0.15, 0.2) is 35.5 Å². The Morgan fingerprint density at radius 2 is 1.73 bits per heavy atom. The summed E-state index contributed by atoms with van der Waals surface area (Å²) in [4.78, 5) is 7.90. The van der Waals surface area contributed by atoms with Crippen LogP contribution < -0.4 is 22.6 Å². The quantitative estimate of drug-likeness (QED) is 0.211. The summed E-state index contributed by atoms with van der Waals surface area (Å²) in [5.74, 6) is 8.20. The molecule has 9 N–H and O–H groups in total. The smallest absolute Gasteiger partial charge is 0.238 e. The fourth-order valence-corrected chi connectivity index (χ4v) is 2.59. The number of aryl methyl sites for hydroxylation is 1. The fraction of sp³-hybridized carbons (Fsp3) is 0.0833. The van der Waals surface area contributed by atoms with Gasteiger partial charge in [-0.15, -0.1) is 0 Å². The third-order valence-electron chi connectivity index (χ3n) is 2.69. The second-order valence-corrected chi connectivity index (χ2v) is 5.69. The molecule has 1 heterocycles. The van der Waals surface area contributed by atoms with Crippen LogP contribution in [-0.4, -0.2) is 24.2 Å². The highest BCUT2D eigenvalue weighted by Gasteiger charge is 2.20. The second kappa shape index (κ2) is 7.04. The summed E-state index contributed by atoms with van der Waals surface area (Å²) in [5, 5.41) is 12.8. The van der Waals surface area contributed by atoms with Gasteiger partial charge in [-0.25, -0.2) is 23.5 Å². The topological polar surface area (TPSA) is 188 Å². The summed E-state index contributed by atoms with van der Waals surface area (Å²) in [6.07, 6.45) is 3.08. The van der Waals surface area contributed by atoms with E-state index in [0.717, 1.165) is 0 Å². The van der Waals surface area contributed by atoms with Gasteiger partial charge in [-0.05, 0) is 18.6 Å². The molecule has 2 aromatic rings. The van der Waals surface area contributed by atoms with Crippen molar-refractivity contribution in [2.75, 3.05) is 0 Å². The number of sulfonamides is 1. The van der Waals surface area contributed by atoms with Crippen LogP contribution in [0.4, 0.5) is 0 Å². The van der Waals surface area contributed by atoms with Gasteiger partial charge in [0.25, 0.3) is 0 Å². The standard InChI is InChI=1S/C12H13N5O2S.H4N2/c1-7-16-5-8(6-17-7)9-3-2-4-10(20(15,18)19)11(9)12(13)14;1-2/h2-6H,1H3,(H3,13,14)(H2,15,18,19);1-2H2. The molecule has 1 aromatic heterocycles. The number of nitrogens with two attached hydrogens (primary N) is 4. The number of nitrogens with zero attached hydrogens (tertiary/aromatic N) is 2. The van der Waals surface area contributed by atoms with E-state index in [1.807, 2.05) is 0 Å². The first-order chi connectivity index (χ1) is 10.3. The van der Waals surface area contributed by atoms with Crippen LogP contribution in [0.2, 0.25) is 0 Å². The van der Waals surface area contributed by atoms with Crippen LogP contribution in [0.3, 0.4) is 0 Å². The van der Waals surface area contributed by atoms with Gasteiger partial charge >= 0.3 is 0 Å². The van der Waals surface area contributed by atoms with Crippen molar-refractivity contribution in [2.24, 2.45) is 22.6 Å². The molecule has 0 atom stereocenters. The SMILES string of the molecule is Cc1ncc(-c2cccc(S(N)(=O)=O)c2C(=N)N)cn1.NN. The Hall–Kier alpha value is -2.40. The summed E-state index contributed by atoms with van der Waals surface area (Å²) in [5.41, 5.74) is 6.57. The predicted octanol–water partition coefficient (Wildman–Crippen LogP) is -0.798. The van der Waals surface area contributed by atoms with E-state index in [0.29, 0.717) is 17.0 Å². The number of amidine groups is 1. The molecule has 0 saturated heterocycles. The van der Waals surface area contributed by atoms with Gasteiger partial charge in [-0.2, -0.15) is 0 Å². The van der Waals surface area contributed by atoms with Crippen molar-refractivity contribution in [3.8, 4) is 11.1 Å². The first-order valence-electron chi connectivity index (χ1n) is 5.93. The molecule has 0 fully saturated rings. The molecule has 0 aliphatic carbocycles. The molecule has 2 rings (SSSR count). The summed E-state index contributed by atoms with van der Waals surface area (Å²) < 4.78 is 23.2. The van der Waals surface area contributed by atoms with E-state index in [2.05, 4.69) is 21.7 Å². The molecular formula is C12H17N7O2S. The van der Waals surface area contributed by atoms with Gasteiger partial charge in [0.2, 0.25) is 10.0 Å². The molecule has 0 unspecified atom stereocenters. The van der Waals surface area contributed by atoms with E-state index in [1.165, 1.54) is 24.5 Å². The van der Waals surface area contributed by atoms with E-state index >= 15 is 0 Å². The maximum Gasteiger partial charge on any atom is 0.238 e. The first-order valence-corrected chi connectivity index (χ1v) is 7.48. The molecule has 22 heavy (non-hydrogen) atoms. The monoisotopic (exact) mass is 323 g/mol. The normalized spacial score (nSPS) is 10.5. The van der Waals surface area contributed by atoms with Gasteiger partial charge in [0.05, 0.1) is 4.90 Å². The summed E-state index contributed by atoms with van der Waals surface area (Å²) in [6.45, 7) is 1.73. The number of nitrogen functional groups attached to an aromatic ring is 1. The lowest BCUT2D eigenvalue weighted by atomic mass is 10.0. The van der Waals surface area contributed by atoms with Crippen molar-refractivity contribution in [3.63, 3.8) is 0 Å². The highest BCUT2D eigenvalue weighted by molar-refractivity contribution is 7.89. The van der Waals surface area contributed by atoms with E-state index in [1.54, 1.807) is 13.0 Å². The van der Waals surface area contributed by atoms with Gasteiger partial charge in [0.15, 0.2) is 0 Å². The average Bonchev–Trinajstić information content (AvgIpc) is 2.48. The average molecular weight is 323 g/mol. The minimum atomic E-state index is -3.98. The summed E-state index contributed by atoms with van der Waals surface area (Å²) in [6, 6.07) is 4.48. The zero-order valence-corrected chi connectivity index (χ0v) is 12.6. The van der Waals surface area contributed by atoms with E-state index in [-0.39, 0.29) is 16.3 Å². The highest BCUT2D eigenvalue weighted by Crippen LogP contribution is 2.27.